The van der Waals surface area contributed by atoms with Crippen molar-refractivity contribution in [2.24, 2.45) is 5.41 Å². The van der Waals surface area contributed by atoms with Gasteiger partial charge in [-0.15, -0.1) is 11.3 Å². The lowest BCUT2D eigenvalue weighted by Crippen LogP contribution is -2.62. The molecule has 1 saturated carbocycles. The Balaban J connectivity index is 1.89. The summed E-state index contributed by atoms with van der Waals surface area (Å²) < 4.78 is 5.68. The lowest BCUT2D eigenvalue weighted by atomic mass is 9.64. The summed E-state index contributed by atoms with van der Waals surface area (Å²) in [6.07, 6.45) is 1.07. The topological polar surface area (TPSA) is 67.4 Å². The van der Waals surface area contributed by atoms with Crippen molar-refractivity contribution < 1.29 is 14.3 Å². The van der Waals surface area contributed by atoms with Gasteiger partial charge >= 0.3 is 0 Å². The van der Waals surface area contributed by atoms with E-state index in [1.165, 1.54) is 18.3 Å². The number of nitrogens with one attached hydrogen (secondary N) is 2. The molecule has 1 heterocycles. The third-order valence-electron chi connectivity index (χ3n) is 4.25. The molecule has 0 bridgehead atoms. The molecule has 1 aromatic heterocycles. The average Bonchev–Trinajstić information content (AvgIpc) is 2.93. The largest absolute Gasteiger partial charge is 0.378 e. The molecule has 1 aliphatic rings. The monoisotopic (exact) mass is 324 g/mol. The van der Waals surface area contributed by atoms with Gasteiger partial charge in [0.2, 0.25) is 5.91 Å². The number of rotatable bonds is 6. The van der Waals surface area contributed by atoms with Gasteiger partial charge in [-0.3, -0.25) is 9.59 Å². The molecule has 5 nitrogen and oxygen atoms in total. The van der Waals surface area contributed by atoms with Gasteiger partial charge in [-0.25, -0.2) is 0 Å². The summed E-state index contributed by atoms with van der Waals surface area (Å²) in [5.41, 5.74) is -0.0397. The second kappa shape index (κ2) is 6.79. The van der Waals surface area contributed by atoms with Crippen LogP contribution in [-0.4, -0.2) is 30.6 Å². The molecule has 0 radical (unpaired) electrons. The number of carbonyl (C=O) groups is 2. The van der Waals surface area contributed by atoms with E-state index in [0.29, 0.717) is 18.0 Å². The van der Waals surface area contributed by atoms with Gasteiger partial charge in [-0.1, -0.05) is 13.8 Å². The normalized spacial score (nSPS) is 22.7. The maximum absolute atomic E-state index is 12.3. The van der Waals surface area contributed by atoms with Crippen LogP contribution in [0.25, 0.3) is 0 Å². The third kappa shape index (κ3) is 3.67. The minimum Gasteiger partial charge on any atom is -0.378 e. The molecule has 1 aliphatic carbocycles. The Labute approximate surface area is 135 Å². The van der Waals surface area contributed by atoms with E-state index in [-0.39, 0.29) is 29.4 Å². The minimum atomic E-state index is -0.0717. The van der Waals surface area contributed by atoms with Crippen molar-refractivity contribution in [3.05, 3.63) is 21.9 Å². The zero-order valence-corrected chi connectivity index (χ0v) is 14.4. The van der Waals surface area contributed by atoms with Crippen LogP contribution in [0.5, 0.6) is 0 Å². The van der Waals surface area contributed by atoms with E-state index in [1.807, 2.05) is 19.1 Å². The molecular weight excluding hydrogens is 300 g/mol. The van der Waals surface area contributed by atoms with Crippen LogP contribution in [0.3, 0.4) is 0 Å². The summed E-state index contributed by atoms with van der Waals surface area (Å²) in [5.74, 6) is -0.121. The SMILES string of the molecule is CCO[C@H]1C[C@H](NC(=O)c2ccc(CNC(C)=O)s2)C1(C)C. The lowest BCUT2D eigenvalue weighted by Gasteiger charge is -2.51. The van der Waals surface area contributed by atoms with Crippen molar-refractivity contribution in [3.8, 4) is 0 Å². The van der Waals surface area contributed by atoms with Crippen LogP contribution in [0.4, 0.5) is 0 Å². The van der Waals surface area contributed by atoms with E-state index >= 15 is 0 Å². The summed E-state index contributed by atoms with van der Waals surface area (Å²) in [6.45, 7) is 8.89. The number of hydrogen-bond donors (Lipinski definition) is 2. The highest BCUT2D eigenvalue weighted by Gasteiger charge is 2.49. The molecule has 2 amide bonds. The van der Waals surface area contributed by atoms with E-state index in [1.54, 1.807) is 0 Å². The first kappa shape index (κ1) is 17.0. The molecule has 1 aromatic rings. The van der Waals surface area contributed by atoms with Crippen molar-refractivity contribution in [3.63, 3.8) is 0 Å². The summed E-state index contributed by atoms with van der Waals surface area (Å²) >= 11 is 1.41. The van der Waals surface area contributed by atoms with Crippen molar-refractivity contribution in [1.29, 1.82) is 0 Å². The Kier molecular flexibility index (Phi) is 5.24. The van der Waals surface area contributed by atoms with Crippen molar-refractivity contribution >= 4 is 23.2 Å². The summed E-state index contributed by atoms with van der Waals surface area (Å²) in [6, 6.07) is 3.82. The summed E-state index contributed by atoms with van der Waals surface area (Å²) in [7, 11) is 0. The Morgan fingerprint density at radius 3 is 2.73 bits per heavy atom. The van der Waals surface area contributed by atoms with Gasteiger partial charge in [-0.05, 0) is 25.5 Å². The van der Waals surface area contributed by atoms with Crippen LogP contribution >= 0.6 is 11.3 Å². The standard InChI is InChI=1S/C16H24N2O3S/c1-5-21-14-8-13(16(14,3)4)18-15(20)12-7-6-11(22-12)9-17-10(2)19/h6-7,13-14H,5,8-9H2,1-4H3,(H,17,19)(H,18,20)/t13-,14-/m0/s1. The second-order valence-electron chi connectivity index (χ2n) is 6.20. The predicted molar refractivity (Wildman–Crippen MR) is 86.9 cm³/mol. The highest BCUT2D eigenvalue weighted by Crippen LogP contribution is 2.42. The molecule has 0 aromatic carbocycles. The van der Waals surface area contributed by atoms with E-state index < -0.39 is 0 Å². The Morgan fingerprint density at radius 2 is 2.14 bits per heavy atom. The highest BCUT2D eigenvalue weighted by molar-refractivity contribution is 7.14. The molecule has 6 heteroatoms. The van der Waals surface area contributed by atoms with Crippen molar-refractivity contribution in [1.82, 2.24) is 10.6 Å². The summed E-state index contributed by atoms with van der Waals surface area (Å²) in [5, 5.41) is 5.83. The first-order chi connectivity index (χ1) is 10.3. The molecule has 2 atom stereocenters. The minimum absolute atomic E-state index is 0.0397. The number of thiophene rings is 1. The van der Waals surface area contributed by atoms with Crippen LogP contribution in [0.2, 0.25) is 0 Å². The van der Waals surface area contributed by atoms with Crippen LogP contribution in [0, 0.1) is 5.41 Å². The predicted octanol–water partition coefficient (Wildman–Crippen LogP) is 2.32. The maximum Gasteiger partial charge on any atom is 0.261 e. The third-order valence-corrected chi connectivity index (χ3v) is 5.33. The molecule has 22 heavy (non-hydrogen) atoms. The number of amides is 2. The Morgan fingerprint density at radius 1 is 1.41 bits per heavy atom. The molecule has 0 saturated heterocycles. The molecule has 2 rings (SSSR count). The highest BCUT2D eigenvalue weighted by atomic mass is 32.1. The van der Waals surface area contributed by atoms with E-state index in [0.717, 1.165) is 11.3 Å². The van der Waals surface area contributed by atoms with Gasteiger partial charge < -0.3 is 15.4 Å². The molecule has 2 N–H and O–H groups in total. The molecule has 0 unspecified atom stereocenters. The van der Waals surface area contributed by atoms with E-state index in [9.17, 15) is 9.59 Å². The Hall–Kier alpha value is -1.40. The zero-order valence-electron chi connectivity index (χ0n) is 13.6. The fraction of sp³-hybridized carbons (Fsp3) is 0.625. The van der Waals surface area contributed by atoms with Crippen LogP contribution in [0.15, 0.2) is 12.1 Å². The second-order valence-corrected chi connectivity index (χ2v) is 7.37. The first-order valence-corrected chi connectivity index (χ1v) is 8.41. The van der Waals surface area contributed by atoms with Crippen LogP contribution in [-0.2, 0) is 16.1 Å². The van der Waals surface area contributed by atoms with Gasteiger partial charge in [0, 0.05) is 29.9 Å². The zero-order chi connectivity index (χ0) is 16.3. The molecule has 122 valence electrons. The molecule has 1 fully saturated rings. The maximum atomic E-state index is 12.3. The fourth-order valence-corrected chi connectivity index (χ4v) is 3.50. The van der Waals surface area contributed by atoms with Crippen LogP contribution in [0.1, 0.15) is 48.7 Å². The van der Waals surface area contributed by atoms with Crippen LogP contribution < -0.4 is 10.6 Å². The Bertz CT molecular complexity index is 553. The van der Waals surface area contributed by atoms with Gasteiger partial charge in [0.25, 0.3) is 5.91 Å². The van der Waals surface area contributed by atoms with Gasteiger partial charge in [0.05, 0.1) is 17.5 Å². The molecule has 0 aliphatic heterocycles. The van der Waals surface area contributed by atoms with Crippen molar-refractivity contribution in [2.75, 3.05) is 6.61 Å². The van der Waals surface area contributed by atoms with Gasteiger partial charge in [-0.2, -0.15) is 0 Å². The number of hydrogen-bond acceptors (Lipinski definition) is 4. The molecule has 0 spiro atoms. The fourth-order valence-electron chi connectivity index (χ4n) is 2.65. The quantitative estimate of drug-likeness (QED) is 0.844. The average molecular weight is 324 g/mol. The van der Waals surface area contributed by atoms with Crippen molar-refractivity contribution in [2.45, 2.75) is 52.8 Å². The van der Waals surface area contributed by atoms with E-state index in [2.05, 4.69) is 24.5 Å². The number of carbonyl (C=O) groups excluding carboxylic acids is 2. The lowest BCUT2D eigenvalue weighted by molar-refractivity contribution is -0.119. The smallest absolute Gasteiger partial charge is 0.261 e. The molecular formula is C16H24N2O3S. The van der Waals surface area contributed by atoms with Gasteiger partial charge in [0.15, 0.2) is 0 Å². The number of ether oxygens (including phenoxy) is 1. The first-order valence-electron chi connectivity index (χ1n) is 7.60. The van der Waals surface area contributed by atoms with Gasteiger partial charge in [0.1, 0.15) is 0 Å². The summed E-state index contributed by atoms with van der Waals surface area (Å²) in [4.78, 5) is 24.9. The van der Waals surface area contributed by atoms with E-state index in [4.69, 9.17) is 4.74 Å².